The molecule has 1 aliphatic rings. The van der Waals surface area contributed by atoms with Gasteiger partial charge in [-0.1, -0.05) is 57.9 Å². The number of benzene rings is 4. The van der Waals surface area contributed by atoms with Crippen LogP contribution < -0.4 is 29.4 Å². The third-order valence-electron chi connectivity index (χ3n) is 6.63. The molecule has 1 atom stereocenters. The van der Waals surface area contributed by atoms with Crippen LogP contribution in [0.2, 0.25) is 0 Å². The molecule has 0 saturated carbocycles. The van der Waals surface area contributed by atoms with Crippen LogP contribution in [0.4, 0.5) is 0 Å². The van der Waals surface area contributed by atoms with Gasteiger partial charge in [-0.3, -0.25) is 0 Å². The Balaban J connectivity index is 1.35. The first-order valence-electron chi connectivity index (χ1n) is 13.0. The first-order valence-corrected chi connectivity index (χ1v) is 13.8. The van der Waals surface area contributed by atoms with Crippen LogP contribution in [0, 0.1) is 18.3 Å². The molecule has 0 aromatic heterocycles. The molecular formula is C33H27BrN2O6. The number of aryl methyl sites for hydroxylation is 1. The van der Waals surface area contributed by atoms with Gasteiger partial charge >= 0.3 is 5.97 Å². The van der Waals surface area contributed by atoms with Crippen LogP contribution in [0.5, 0.6) is 28.7 Å². The number of hydrogen-bond acceptors (Lipinski definition) is 8. The Labute approximate surface area is 252 Å². The first-order chi connectivity index (χ1) is 20.3. The molecule has 42 heavy (non-hydrogen) atoms. The van der Waals surface area contributed by atoms with Crippen molar-refractivity contribution in [3.8, 4) is 34.8 Å². The number of nitrogens with zero attached hydrogens (tertiary/aromatic N) is 1. The van der Waals surface area contributed by atoms with E-state index < -0.39 is 11.9 Å². The summed E-state index contributed by atoms with van der Waals surface area (Å²) in [5.74, 6) is 1.09. The molecule has 0 aliphatic carbocycles. The van der Waals surface area contributed by atoms with Crippen LogP contribution >= 0.6 is 15.9 Å². The normalized spacial score (nSPS) is 13.8. The maximum atomic E-state index is 12.4. The summed E-state index contributed by atoms with van der Waals surface area (Å²) in [6, 6.07) is 27.8. The highest BCUT2D eigenvalue weighted by atomic mass is 79.9. The molecule has 4 aromatic rings. The molecule has 4 aromatic carbocycles. The summed E-state index contributed by atoms with van der Waals surface area (Å²) in [5.41, 5.74) is 10.1. The number of nitriles is 1. The van der Waals surface area contributed by atoms with E-state index >= 15 is 0 Å². The second kappa shape index (κ2) is 12.7. The number of rotatable bonds is 9. The minimum Gasteiger partial charge on any atom is -0.493 e. The van der Waals surface area contributed by atoms with E-state index in [4.69, 9.17) is 29.4 Å². The third kappa shape index (κ3) is 6.51. The molecule has 0 spiro atoms. The minimum absolute atomic E-state index is 0.0317. The Morgan fingerprint density at radius 1 is 0.952 bits per heavy atom. The van der Waals surface area contributed by atoms with Crippen LogP contribution in [0.1, 0.15) is 28.2 Å². The maximum absolute atomic E-state index is 12.4. The molecule has 5 rings (SSSR count). The predicted octanol–water partition coefficient (Wildman–Crippen LogP) is 6.55. The second-order valence-electron chi connectivity index (χ2n) is 9.53. The fourth-order valence-corrected chi connectivity index (χ4v) is 4.77. The van der Waals surface area contributed by atoms with Crippen molar-refractivity contribution in [1.29, 1.82) is 5.26 Å². The molecular weight excluding hydrogens is 600 g/mol. The van der Waals surface area contributed by atoms with Crippen molar-refractivity contribution in [2.45, 2.75) is 19.4 Å². The number of methoxy groups -OCH3 is 1. The SMILES string of the molecule is COc1cc(C2C(C#N)=C(N)Oc3cc(OC(=O)COc4ccc(Br)cc4)ccc32)ccc1OCc1ccc(C)cc1. The van der Waals surface area contributed by atoms with Crippen molar-refractivity contribution in [3.63, 3.8) is 0 Å². The molecule has 9 heteroatoms. The van der Waals surface area contributed by atoms with Crippen LogP contribution in [-0.2, 0) is 11.4 Å². The van der Waals surface area contributed by atoms with Crippen molar-refractivity contribution in [2.75, 3.05) is 13.7 Å². The van der Waals surface area contributed by atoms with E-state index in [1.165, 1.54) is 5.56 Å². The first kappa shape index (κ1) is 28.6. The van der Waals surface area contributed by atoms with Gasteiger partial charge in [0.25, 0.3) is 0 Å². The Morgan fingerprint density at radius 2 is 1.69 bits per heavy atom. The summed E-state index contributed by atoms with van der Waals surface area (Å²) in [4.78, 5) is 12.4. The van der Waals surface area contributed by atoms with Gasteiger partial charge in [-0.25, -0.2) is 4.79 Å². The quantitative estimate of drug-likeness (QED) is 0.164. The number of nitrogens with two attached hydrogens (primary N) is 1. The van der Waals surface area contributed by atoms with E-state index in [0.29, 0.717) is 35.2 Å². The zero-order valence-corrected chi connectivity index (χ0v) is 24.5. The Bertz CT molecular complexity index is 1680. The van der Waals surface area contributed by atoms with Gasteiger partial charge in [-0.2, -0.15) is 5.26 Å². The average molecular weight is 627 g/mol. The zero-order chi connectivity index (χ0) is 29.6. The van der Waals surface area contributed by atoms with Gasteiger partial charge in [0.1, 0.15) is 35.5 Å². The van der Waals surface area contributed by atoms with Gasteiger partial charge in [0.2, 0.25) is 5.88 Å². The van der Waals surface area contributed by atoms with Gasteiger partial charge in [0.15, 0.2) is 18.1 Å². The highest BCUT2D eigenvalue weighted by Crippen LogP contribution is 2.45. The summed E-state index contributed by atoms with van der Waals surface area (Å²) in [6.45, 7) is 2.13. The van der Waals surface area contributed by atoms with E-state index in [0.717, 1.165) is 15.6 Å². The topological polar surface area (TPSA) is 113 Å². The van der Waals surface area contributed by atoms with Crippen molar-refractivity contribution >= 4 is 21.9 Å². The van der Waals surface area contributed by atoms with Gasteiger partial charge in [0.05, 0.1) is 13.0 Å². The molecule has 1 aliphatic heterocycles. The molecule has 0 fully saturated rings. The number of halogens is 1. The smallest absolute Gasteiger partial charge is 0.349 e. The van der Waals surface area contributed by atoms with Gasteiger partial charge in [-0.05, 0) is 60.5 Å². The molecule has 1 unspecified atom stereocenters. The lowest BCUT2D eigenvalue weighted by molar-refractivity contribution is -0.136. The second-order valence-corrected chi connectivity index (χ2v) is 10.4. The number of hydrogen-bond donors (Lipinski definition) is 1. The fraction of sp³-hybridized carbons (Fsp3) is 0.152. The van der Waals surface area contributed by atoms with Gasteiger partial charge < -0.3 is 29.4 Å². The lowest BCUT2D eigenvalue weighted by atomic mass is 9.83. The molecule has 0 amide bonds. The van der Waals surface area contributed by atoms with Crippen molar-refractivity contribution in [3.05, 3.63) is 123 Å². The Kier molecular flexibility index (Phi) is 8.65. The Hall–Kier alpha value is -4.94. The fourth-order valence-electron chi connectivity index (χ4n) is 4.50. The van der Waals surface area contributed by atoms with Crippen LogP contribution in [-0.4, -0.2) is 19.7 Å². The number of allylic oxidation sites excluding steroid dienone is 1. The van der Waals surface area contributed by atoms with Crippen LogP contribution in [0.15, 0.2) is 101 Å². The summed E-state index contributed by atoms with van der Waals surface area (Å²) in [6.07, 6.45) is 0. The number of carbonyl (C=O) groups is 1. The summed E-state index contributed by atoms with van der Waals surface area (Å²) >= 11 is 3.36. The lowest BCUT2D eigenvalue weighted by Gasteiger charge is -2.27. The monoisotopic (exact) mass is 626 g/mol. The molecule has 2 N–H and O–H groups in total. The van der Waals surface area contributed by atoms with Gasteiger partial charge in [-0.15, -0.1) is 0 Å². The molecule has 0 bridgehead atoms. The molecule has 8 nitrogen and oxygen atoms in total. The summed E-state index contributed by atoms with van der Waals surface area (Å²) in [7, 11) is 1.56. The van der Waals surface area contributed by atoms with Crippen LogP contribution in [0.3, 0.4) is 0 Å². The van der Waals surface area contributed by atoms with Crippen LogP contribution in [0.25, 0.3) is 0 Å². The van der Waals surface area contributed by atoms with E-state index in [-0.39, 0.29) is 23.8 Å². The van der Waals surface area contributed by atoms with E-state index in [1.807, 2.05) is 61.5 Å². The zero-order valence-electron chi connectivity index (χ0n) is 22.9. The van der Waals surface area contributed by atoms with E-state index in [2.05, 4.69) is 22.0 Å². The third-order valence-corrected chi connectivity index (χ3v) is 7.16. The van der Waals surface area contributed by atoms with Crippen molar-refractivity contribution in [1.82, 2.24) is 0 Å². The molecule has 0 saturated heterocycles. The maximum Gasteiger partial charge on any atom is 0.349 e. The van der Waals surface area contributed by atoms with E-state index in [9.17, 15) is 10.1 Å². The largest absolute Gasteiger partial charge is 0.493 e. The number of ether oxygens (including phenoxy) is 5. The number of esters is 1. The van der Waals surface area contributed by atoms with Gasteiger partial charge in [0, 0.05) is 16.1 Å². The highest BCUT2D eigenvalue weighted by molar-refractivity contribution is 9.10. The standard InChI is InChI=1S/C33H27BrN2O6/c1-20-3-5-21(6-4-20)18-40-28-14-7-22(15-30(28)38-2)32-26-13-12-25(16-29(26)42-33(36)27(32)17-35)41-31(37)19-39-24-10-8-23(34)9-11-24/h3-16,32H,18-19,36H2,1-2H3. The predicted molar refractivity (Wildman–Crippen MR) is 160 cm³/mol. The summed E-state index contributed by atoms with van der Waals surface area (Å²) in [5, 5.41) is 9.96. The van der Waals surface area contributed by atoms with Crippen molar-refractivity contribution < 1.29 is 28.5 Å². The minimum atomic E-state index is -0.586. The lowest BCUT2D eigenvalue weighted by Crippen LogP contribution is -2.21. The molecule has 212 valence electrons. The Morgan fingerprint density at radius 3 is 2.40 bits per heavy atom. The highest BCUT2D eigenvalue weighted by Gasteiger charge is 2.32. The molecule has 1 heterocycles. The molecule has 0 radical (unpaired) electrons. The van der Waals surface area contributed by atoms with E-state index in [1.54, 1.807) is 37.4 Å². The number of carbonyl (C=O) groups excluding carboxylic acids is 1. The van der Waals surface area contributed by atoms with Crippen molar-refractivity contribution in [2.24, 2.45) is 5.73 Å². The average Bonchev–Trinajstić information content (AvgIpc) is 2.99. The summed E-state index contributed by atoms with van der Waals surface area (Å²) < 4.78 is 29.3. The number of fused-ring (bicyclic) bond motifs is 1.